The second kappa shape index (κ2) is 8.47. The minimum atomic E-state index is 0.0333. The van der Waals surface area contributed by atoms with E-state index in [2.05, 4.69) is 43.0 Å². The van der Waals surface area contributed by atoms with Crippen molar-refractivity contribution in [1.29, 1.82) is 0 Å². The maximum atomic E-state index is 13.0. The van der Waals surface area contributed by atoms with E-state index in [1.54, 1.807) is 23.1 Å². The zero-order valence-corrected chi connectivity index (χ0v) is 18.3. The average molecular weight is 428 g/mol. The molecule has 0 N–H and O–H groups in total. The summed E-state index contributed by atoms with van der Waals surface area (Å²) in [5, 5.41) is 5.18. The molecule has 5 rings (SSSR count). The first-order valence-corrected chi connectivity index (χ1v) is 10.7. The van der Waals surface area contributed by atoms with Gasteiger partial charge in [0.15, 0.2) is 5.78 Å². The lowest BCUT2D eigenvalue weighted by Crippen LogP contribution is -2.44. The lowest BCUT2D eigenvalue weighted by Gasteiger charge is -2.33. The maximum Gasteiger partial charge on any atom is 0.169 e. The number of likely N-dealkylation sites (N-methyl/N-ethyl adjacent to an activating group) is 1. The molecule has 5 heterocycles. The Hall–Kier alpha value is -3.65. The fourth-order valence-corrected chi connectivity index (χ4v) is 3.97. The lowest BCUT2D eigenvalue weighted by molar-refractivity contribution is 0.0992. The SMILES string of the molecule is CN1CCN(c2cc(C(=O)Cc3cc4cc(-c5cnn(C)c5)cnc4cn3)ccn2)CC1. The van der Waals surface area contributed by atoms with Gasteiger partial charge in [-0.3, -0.25) is 19.4 Å². The van der Waals surface area contributed by atoms with Gasteiger partial charge in [-0.25, -0.2) is 4.98 Å². The van der Waals surface area contributed by atoms with Gasteiger partial charge in [0.1, 0.15) is 5.82 Å². The van der Waals surface area contributed by atoms with Crippen molar-refractivity contribution in [2.24, 2.45) is 7.05 Å². The molecule has 0 aromatic carbocycles. The largest absolute Gasteiger partial charge is 0.354 e. The fraction of sp³-hybridized carbons (Fsp3) is 0.292. The number of aryl methyl sites for hydroxylation is 1. The summed E-state index contributed by atoms with van der Waals surface area (Å²) in [5.41, 5.74) is 4.18. The van der Waals surface area contributed by atoms with Crippen molar-refractivity contribution < 1.29 is 4.79 Å². The summed E-state index contributed by atoms with van der Waals surface area (Å²) in [6.07, 6.45) is 9.28. The molecule has 1 aliphatic rings. The quantitative estimate of drug-likeness (QED) is 0.453. The topological polar surface area (TPSA) is 80.0 Å². The van der Waals surface area contributed by atoms with Gasteiger partial charge >= 0.3 is 0 Å². The number of pyridine rings is 3. The van der Waals surface area contributed by atoms with Crippen LogP contribution in [0.5, 0.6) is 0 Å². The van der Waals surface area contributed by atoms with Crippen LogP contribution in [0.2, 0.25) is 0 Å². The van der Waals surface area contributed by atoms with Crippen LogP contribution in [0, 0.1) is 0 Å². The number of piperazine rings is 1. The highest BCUT2D eigenvalue weighted by molar-refractivity contribution is 5.98. The van der Waals surface area contributed by atoms with E-state index in [0.717, 1.165) is 59.7 Å². The van der Waals surface area contributed by atoms with Crippen LogP contribution in [0.15, 0.2) is 55.2 Å². The van der Waals surface area contributed by atoms with Crippen LogP contribution in [0.3, 0.4) is 0 Å². The van der Waals surface area contributed by atoms with Crippen LogP contribution in [0.1, 0.15) is 16.1 Å². The van der Waals surface area contributed by atoms with Crippen LogP contribution >= 0.6 is 0 Å². The van der Waals surface area contributed by atoms with Crippen LogP contribution in [0.4, 0.5) is 5.82 Å². The van der Waals surface area contributed by atoms with Crippen molar-refractivity contribution in [2.75, 3.05) is 38.1 Å². The molecular weight excluding hydrogens is 402 g/mol. The number of Topliss-reactive ketones (excluding diaryl/α,β-unsaturated/α-hetero) is 1. The Balaban J connectivity index is 1.36. The van der Waals surface area contributed by atoms with E-state index in [4.69, 9.17) is 0 Å². The zero-order valence-electron chi connectivity index (χ0n) is 18.3. The number of aromatic nitrogens is 5. The van der Waals surface area contributed by atoms with Gasteiger partial charge in [0.25, 0.3) is 0 Å². The third-order valence-electron chi connectivity index (χ3n) is 5.90. The lowest BCUT2D eigenvalue weighted by atomic mass is 10.0. The minimum Gasteiger partial charge on any atom is -0.354 e. The standard InChI is InChI=1S/C24H25N7O/c1-29-5-7-31(8-6-29)24-11-17(3-4-25-24)23(32)12-21-10-18-9-19(13-27-22(18)15-26-21)20-14-28-30(2)16-20/h3-4,9-11,13-16H,5-8,12H2,1-2H3. The first kappa shape index (κ1) is 20.3. The number of fused-ring (bicyclic) bond motifs is 1. The van der Waals surface area contributed by atoms with Gasteiger partial charge in [-0.2, -0.15) is 5.10 Å². The summed E-state index contributed by atoms with van der Waals surface area (Å²) in [5.74, 6) is 0.895. The zero-order chi connectivity index (χ0) is 22.1. The molecule has 1 saturated heterocycles. The summed E-state index contributed by atoms with van der Waals surface area (Å²) >= 11 is 0. The summed E-state index contributed by atoms with van der Waals surface area (Å²) < 4.78 is 1.77. The molecule has 0 radical (unpaired) electrons. The van der Waals surface area contributed by atoms with Crippen molar-refractivity contribution in [2.45, 2.75) is 6.42 Å². The number of nitrogens with zero attached hydrogens (tertiary/aromatic N) is 7. The van der Waals surface area contributed by atoms with Crippen molar-refractivity contribution in [3.05, 3.63) is 66.5 Å². The molecule has 0 aliphatic carbocycles. The van der Waals surface area contributed by atoms with Gasteiger partial charge in [-0.1, -0.05) is 0 Å². The molecule has 0 spiro atoms. The van der Waals surface area contributed by atoms with Crippen molar-refractivity contribution in [3.63, 3.8) is 0 Å². The average Bonchev–Trinajstić information content (AvgIpc) is 3.25. The van der Waals surface area contributed by atoms with Gasteiger partial charge in [0, 0.05) is 79.6 Å². The number of rotatable bonds is 5. The second-order valence-corrected chi connectivity index (χ2v) is 8.29. The molecular formula is C24H25N7O. The van der Waals surface area contributed by atoms with E-state index >= 15 is 0 Å². The van der Waals surface area contributed by atoms with Gasteiger partial charge in [-0.05, 0) is 31.3 Å². The predicted octanol–water partition coefficient (Wildman–Crippen LogP) is 2.60. The maximum absolute atomic E-state index is 13.0. The Morgan fingerprint density at radius 1 is 0.938 bits per heavy atom. The molecule has 32 heavy (non-hydrogen) atoms. The van der Waals surface area contributed by atoms with Crippen molar-refractivity contribution in [3.8, 4) is 11.1 Å². The van der Waals surface area contributed by atoms with E-state index in [0.29, 0.717) is 5.56 Å². The molecule has 8 heteroatoms. The normalized spacial score (nSPS) is 14.8. The second-order valence-electron chi connectivity index (χ2n) is 8.29. The Bertz CT molecular complexity index is 1270. The van der Waals surface area contributed by atoms with Crippen LogP contribution in [0.25, 0.3) is 22.0 Å². The monoisotopic (exact) mass is 427 g/mol. The molecule has 0 saturated carbocycles. The number of ketones is 1. The highest BCUT2D eigenvalue weighted by atomic mass is 16.1. The molecule has 4 aromatic heterocycles. The van der Waals surface area contributed by atoms with Crippen LogP contribution in [-0.4, -0.2) is 68.6 Å². The van der Waals surface area contributed by atoms with Crippen molar-refractivity contribution >= 4 is 22.5 Å². The number of hydrogen-bond donors (Lipinski definition) is 0. The molecule has 4 aromatic rings. The molecule has 162 valence electrons. The van der Waals surface area contributed by atoms with E-state index in [9.17, 15) is 4.79 Å². The third kappa shape index (κ3) is 4.22. The molecule has 1 aliphatic heterocycles. The predicted molar refractivity (Wildman–Crippen MR) is 124 cm³/mol. The van der Waals surface area contributed by atoms with Gasteiger partial charge in [-0.15, -0.1) is 0 Å². The van der Waals surface area contributed by atoms with Gasteiger partial charge in [0.05, 0.1) is 24.3 Å². The molecule has 0 atom stereocenters. The number of carbonyl (C=O) groups is 1. The van der Waals surface area contributed by atoms with Gasteiger partial charge < -0.3 is 9.80 Å². The summed E-state index contributed by atoms with van der Waals surface area (Å²) in [6, 6.07) is 7.69. The Morgan fingerprint density at radius 2 is 1.78 bits per heavy atom. The fourth-order valence-electron chi connectivity index (χ4n) is 3.97. The molecule has 0 amide bonds. The Labute approximate surface area is 186 Å². The number of carbonyl (C=O) groups excluding carboxylic acids is 1. The smallest absolute Gasteiger partial charge is 0.169 e. The first-order chi connectivity index (χ1) is 15.5. The Kier molecular flexibility index (Phi) is 5.36. The van der Waals surface area contributed by atoms with E-state index in [-0.39, 0.29) is 12.2 Å². The van der Waals surface area contributed by atoms with E-state index in [1.165, 1.54) is 0 Å². The molecule has 0 unspecified atom stereocenters. The number of anilines is 1. The Morgan fingerprint density at radius 3 is 2.56 bits per heavy atom. The molecule has 0 bridgehead atoms. The molecule has 8 nitrogen and oxygen atoms in total. The van der Waals surface area contributed by atoms with Crippen LogP contribution < -0.4 is 4.90 Å². The molecule has 1 fully saturated rings. The van der Waals surface area contributed by atoms with Crippen LogP contribution in [-0.2, 0) is 13.5 Å². The van der Waals surface area contributed by atoms with Gasteiger partial charge in [0.2, 0.25) is 0 Å². The minimum absolute atomic E-state index is 0.0333. The van der Waals surface area contributed by atoms with E-state index < -0.39 is 0 Å². The summed E-state index contributed by atoms with van der Waals surface area (Å²) in [6.45, 7) is 3.82. The highest BCUT2D eigenvalue weighted by Gasteiger charge is 2.17. The highest BCUT2D eigenvalue weighted by Crippen LogP contribution is 2.23. The number of hydrogen-bond acceptors (Lipinski definition) is 7. The summed E-state index contributed by atoms with van der Waals surface area (Å²) in [4.78, 5) is 31.0. The van der Waals surface area contributed by atoms with E-state index in [1.807, 2.05) is 37.8 Å². The van der Waals surface area contributed by atoms with Crippen molar-refractivity contribution in [1.82, 2.24) is 29.6 Å². The summed E-state index contributed by atoms with van der Waals surface area (Å²) in [7, 11) is 4.01. The first-order valence-electron chi connectivity index (χ1n) is 10.7. The third-order valence-corrected chi connectivity index (χ3v) is 5.90.